The average Bonchev–Trinajstić information content (AvgIpc) is 2.81. The summed E-state index contributed by atoms with van der Waals surface area (Å²) in [4.78, 5) is 11.4. The van der Waals surface area contributed by atoms with Crippen LogP contribution in [0.2, 0.25) is 0 Å². The highest BCUT2D eigenvalue weighted by atomic mass is 16.4. The van der Waals surface area contributed by atoms with E-state index in [-0.39, 0.29) is 11.2 Å². The van der Waals surface area contributed by atoms with Crippen molar-refractivity contribution in [3.8, 4) is 11.3 Å². The summed E-state index contributed by atoms with van der Waals surface area (Å²) in [5.41, 5.74) is 2.53. The number of rotatable bonds is 2. The molecule has 0 fully saturated rings. The molecule has 0 aliphatic heterocycles. The van der Waals surface area contributed by atoms with Crippen molar-refractivity contribution in [1.82, 2.24) is 24.8 Å². The standard InChI is InChI=1S/C13H19N5O2/c1-7-9(8(2)17(6)15-7)11-10(12(19)20)14-16-18(11)13(3,4)5/h1-6H3,(H,19,20). The minimum absolute atomic E-state index is 0.0425. The minimum atomic E-state index is -1.09. The number of carboxylic acid groups (broad SMARTS) is 1. The Balaban J connectivity index is 2.84. The van der Waals surface area contributed by atoms with Gasteiger partial charge in [-0.25, -0.2) is 9.48 Å². The van der Waals surface area contributed by atoms with E-state index < -0.39 is 5.97 Å². The van der Waals surface area contributed by atoms with Crippen molar-refractivity contribution < 1.29 is 9.90 Å². The number of hydrogen-bond acceptors (Lipinski definition) is 4. The van der Waals surface area contributed by atoms with E-state index in [0.717, 1.165) is 17.0 Å². The van der Waals surface area contributed by atoms with Crippen LogP contribution in [0.15, 0.2) is 0 Å². The summed E-state index contributed by atoms with van der Waals surface area (Å²) in [7, 11) is 1.83. The lowest BCUT2D eigenvalue weighted by molar-refractivity contribution is 0.0691. The van der Waals surface area contributed by atoms with Gasteiger partial charge in [-0.05, 0) is 34.6 Å². The van der Waals surface area contributed by atoms with E-state index in [1.54, 1.807) is 9.36 Å². The molecule has 0 saturated heterocycles. The second-order valence-corrected chi connectivity index (χ2v) is 5.84. The van der Waals surface area contributed by atoms with Gasteiger partial charge in [0.1, 0.15) is 5.69 Å². The lowest BCUT2D eigenvalue weighted by atomic mass is 10.0. The zero-order valence-electron chi connectivity index (χ0n) is 12.6. The Kier molecular flexibility index (Phi) is 3.15. The van der Waals surface area contributed by atoms with Crippen molar-refractivity contribution in [2.45, 2.75) is 40.2 Å². The Labute approximate surface area is 117 Å². The van der Waals surface area contributed by atoms with Gasteiger partial charge in [0.25, 0.3) is 0 Å². The molecule has 7 nitrogen and oxygen atoms in total. The van der Waals surface area contributed by atoms with Gasteiger partial charge >= 0.3 is 5.97 Å². The van der Waals surface area contributed by atoms with Crippen molar-refractivity contribution in [3.05, 3.63) is 17.1 Å². The van der Waals surface area contributed by atoms with Gasteiger partial charge in [-0.15, -0.1) is 5.10 Å². The molecule has 0 radical (unpaired) electrons. The van der Waals surface area contributed by atoms with E-state index >= 15 is 0 Å². The molecule has 7 heteroatoms. The molecule has 0 aromatic carbocycles. The number of hydrogen-bond donors (Lipinski definition) is 1. The number of carboxylic acids is 1. The molecule has 2 heterocycles. The summed E-state index contributed by atoms with van der Waals surface area (Å²) in [6.45, 7) is 9.63. The first-order valence-electron chi connectivity index (χ1n) is 6.34. The topological polar surface area (TPSA) is 85.8 Å². The maximum Gasteiger partial charge on any atom is 0.358 e. The maximum absolute atomic E-state index is 11.4. The van der Waals surface area contributed by atoms with Crippen LogP contribution in [0.3, 0.4) is 0 Å². The van der Waals surface area contributed by atoms with Crippen molar-refractivity contribution in [2.24, 2.45) is 7.05 Å². The molecule has 0 aliphatic carbocycles. The molecular weight excluding hydrogens is 258 g/mol. The van der Waals surface area contributed by atoms with Crippen LogP contribution in [-0.2, 0) is 12.6 Å². The highest BCUT2D eigenvalue weighted by Gasteiger charge is 2.30. The van der Waals surface area contributed by atoms with Crippen LogP contribution in [0.4, 0.5) is 0 Å². The Bertz CT molecular complexity index is 676. The lowest BCUT2D eigenvalue weighted by Crippen LogP contribution is -2.24. The van der Waals surface area contributed by atoms with Gasteiger partial charge in [0, 0.05) is 18.3 Å². The minimum Gasteiger partial charge on any atom is -0.476 e. The fraction of sp³-hybridized carbons (Fsp3) is 0.538. The normalized spacial score (nSPS) is 11.9. The summed E-state index contributed by atoms with van der Waals surface area (Å²) in [5, 5.41) is 21.5. The molecule has 20 heavy (non-hydrogen) atoms. The molecule has 1 N–H and O–H groups in total. The smallest absolute Gasteiger partial charge is 0.358 e. The Morgan fingerprint density at radius 1 is 1.25 bits per heavy atom. The number of nitrogens with zero attached hydrogens (tertiary/aromatic N) is 5. The van der Waals surface area contributed by atoms with Crippen LogP contribution in [0.25, 0.3) is 11.3 Å². The predicted molar refractivity (Wildman–Crippen MR) is 73.7 cm³/mol. The predicted octanol–water partition coefficient (Wildman–Crippen LogP) is 1.75. The number of carbonyl (C=O) groups is 1. The molecule has 0 aliphatic rings. The van der Waals surface area contributed by atoms with Crippen LogP contribution in [-0.4, -0.2) is 35.9 Å². The van der Waals surface area contributed by atoms with E-state index in [4.69, 9.17) is 0 Å². The summed E-state index contributed by atoms with van der Waals surface area (Å²) in [6, 6.07) is 0. The van der Waals surface area contributed by atoms with E-state index in [1.165, 1.54) is 0 Å². The van der Waals surface area contributed by atoms with E-state index in [1.807, 2.05) is 41.7 Å². The highest BCUT2D eigenvalue weighted by Crippen LogP contribution is 2.32. The molecule has 2 aromatic rings. The van der Waals surface area contributed by atoms with Crippen molar-refractivity contribution in [3.63, 3.8) is 0 Å². The summed E-state index contributed by atoms with van der Waals surface area (Å²) >= 11 is 0. The second-order valence-electron chi connectivity index (χ2n) is 5.84. The van der Waals surface area contributed by atoms with Crippen LogP contribution < -0.4 is 0 Å². The van der Waals surface area contributed by atoms with E-state index in [2.05, 4.69) is 15.4 Å². The highest BCUT2D eigenvalue weighted by molar-refractivity contribution is 5.93. The first-order valence-corrected chi connectivity index (χ1v) is 6.34. The third kappa shape index (κ3) is 2.09. The monoisotopic (exact) mass is 277 g/mol. The summed E-state index contributed by atoms with van der Waals surface area (Å²) < 4.78 is 3.38. The van der Waals surface area contributed by atoms with Gasteiger partial charge in [-0.3, -0.25) is 4.68 Å². The number of aryl methyl sites for hydroxylation is 2. The van der Waals surface area contributed by atoms with Gasteiger partial charge < -0.3 is 5.11 Å². The zero-order valence-corrected chi connectivity index (χ0v) is 12.6. The van der Waals surface area contributed by atoms with Gasteiger partial charge in [-0.1, -0.05) is 5.21 Å². The molecule has 2 rings (SSSR count). The first kappa shape index (κ1) is 14.2. The van der Waals surface area contributed by atoms with Gasteiger partial charge in [-0.2, -0.15) is 5.10 Å². The Hall–Kier alpha value is -2.18. The molecule has 0 spiro atoms. The van der Waals surface area contributed by atoms with Crippen LogP contribution in [0, 0.1) is 13.8 Å². The fourth-order valence-electron chi connectivity index (χ4n) is 2.24. The van der Waals surface area contributed by atoms with Gasteiger partial charge in [0.05, 0.1) is 11.2 Å². The molecule has 0 unspecified atom stereocenters. The largest absolute Gasteiger partial charge is 0.476 e. The molecule has 0 saturated carbocycles. The first-order chi connectivity index (χ1) is 9.14. The molecule has 2 aromatic heterocycles. The van der Waals surface area contributed by atoms with Crippen molar-refractivity contribution in [1.29, 1.82) is 0 Å². The average molecular weight is 277 g/mol. The molecular formula is C13H19N5O2. The lowest BCUT2D eigenvalue weighted by Gasteiger charge is -2.21. The van der Waals surface area contributed by atoms with Gasteiger partial charge in [0.15, 0.2) is 5.69 Å². The van der Waals surface area contributed by atoms with Crippen LogP contribution in [0.1, 0.15) is 42.6 Å². The quantitative estimate of drug-likeness (QED) is 0.903. The molecule has 108 valence electrons. The second kappa shape index (κ2) is 4.43. The fourth-order valence-corrected chi connectivity index (χ4v) is 2.24. The van der Waals surface area contributed by atoms with E-state index in [9.17, 15) is 9.90 Å². The summed E-state index contributed by atoms with van der Waals surface area (Å²) in [6.07, 6.45) is 0. The van der Waals surface area contributed by atoms with Crippen molar-refractivity contribution >= 4 is 5.97 Å². The Morgan fingerprint density at radius 3 is 2.25 bits per heavy atom. The number of aromatic carboxylic acids is 1. The van der Waals surface area contributed by atoms with Gasteiger partial charge in [0.2, 0.25) is 0 Å². The maximum atomic E-state index is 11.4. The molecule has 0 bridgehead atoms. The SMILES string of the molecule is Cc1nn(C)c(C)c1-c1c(C(=O)O)nnn1C(C)(C)C. The van der Waals surface area contributed by atoms with Crippen LogP contribution >= 0.6 is 0 Å². The molecule has 0 atom stereocenters. The molecule has 0 amide bonds. The summed E-state index contributed by atoms with van der Waals surface area (Å²) in [5.74, 6) is -1.09. The van der Waals surface area contributed by atoms with Crippen LogP contribution in [0.5, 0.6) is 0 Å². The number of aromatic nitrogens is 5. The Morgan fingerprint density at radius 2 is 1.85 bits per heavy atom. The third-order valence-corrected chi connectivity index (χ3v) is 3.25. The zero-order chi connectivity index (χ0) is 15.2. The van der Waals surface area contributed by atoms with E-state index in [0.29, 0.717) is 5.69 Å². The van der Waals surface area contributed by atoms with Crippen molar-refractivity contribution in [2.75, 3.05) is 0 Å². The third-order valence-electron chi connectivity index (χ3n) is 3.25.